The van der Waals surface area contributed by atoms with Gasteiger partial charge in [-0.3, -0.25) is 9.67 Å². The number of rotatable bonds is 6. The summed E-state index contributed by atoms with van der Waals surface area (Å²) in [6, 6.07) is 11.8. The number of nitrogens with one attached hydrogen (secondary N) is 1. The lowest BCUT2D eigenvalue weighted by molar-refractivity contribution is 0.0600. The third-order valence-corrected chi connectivity index (χ3v) is 13.4. The van der Waals surface area contributed by atoms with Crippen molar-refractivity contribution in [3.63, 3.8) is 0 Å². The van der Waals surface area contributed by atoms with Gasteiger partial charge in [-0.15, -0.1) is 11.8 Å². The van der Waals surface area contributed by atoms with Crippen LogP contribution in [0.25, 0.3) is 11.4 Å². The normalized spacial score (nSPS) is 18.1. The zero-order chi connectivity index (χ0) is 27.0. The van der Waals surface area contributed by atoms with E-state index in [2.05, 4.69) is 51.1 Å². The molecule has 2 atom stereocenters. The van der Waals surface area contributed by atoms with Crippen molar-refractivity contribution in [3.05, 3.63) is 64.8 Å². The molecule has 0 fully saturated rings. The van der Waals surface area contributed by atoms with Gasteiger partial charge in [-0.2, -0.15) is 5.10 Å². The van der Waals surface area contributed by atoms with E-state index in [-0.39, 0.29) is 22.3 Å². The summed E-state index contributed by atoms with van der Waals surface area (Å²) in [7, 11) is 1.49. The second-order valence-electron chi connectivity index (χ2n) is 11.1. The van der Waals surface area contributed by atoms with E-state index in [4.69, 9.17) is 14.3 Å². The zero-order valence-electron chi connectivity index (χ0n) is 23.1. The van der Waals surface area contributed by atoms with Gasteiger partial charge >= 0.3 is 5.97 Å². The number of aromatic nitrogens is 3. The molecule has 0 saturated carbocycles. The van der Waals surface area contributed by atoms with Crippen molar-refractivity contribution >= 4 is 31.9 Å². The molecule has 198 valence electrons. The fourth-order valence-corrected chi connectivity index (χ4v) is 6.75. The minimum Gasteiger partial charge on any atom is -0.465 e. The Hall–Kier alpha value is -2.62. The van der Waals surface area contributed by atoms with Crippen LogP contribution >= 0.6 is 11.8 Å². The molecule has 0 saturated heterocycles. The summed E-state index contributed by atoms with van der Waals surface area (Å²) in [5.74, 6) is 1.52. The van der Waals surface area contributed by atoms with Gasteiger partial charge in [0, 0.05) is 24.6 Å². The first-order valence-electron chi connectivity index (χ1n) is 12.6. The number of anilines is 1. The third-order valence-electron chi connectivity index (χ3n) is 7.48. The molecule has 1 N–H and O–H groups in total. The van der Waals surface area contributed by atoms with Crippen molar-refractivity contribution in [2.45, 2.75) is 57.1 Å². The Morgan fingerprint density at radius 2 is 2.00 bits per heavy atom. The molecule has 3 heterocycles. The molecule has 0 amide bonds. The van der Waals surface area contributed by atoms with Gasteiger partial charge in [-0.05, 0) is 60.4 Å². The Labute approximate surface area is 225 Å². The van der Waals surface area contributed by atoms with E-state index in [1.54, 1.807) is 6.20 Å². The minimum atomic E-state index is -1.89. The number of thioether (sulfide) groups is 1. The summed E-state index contributed by atoms with van der Waals surface area (Å²) in [5.41, 5.74) is 5.56. The van der Waals surface area contributed by atoms with Crippen LogP contribution in [0, 0.1) is 6.92 Å². The first-order chi connectivity index (χ1) is 17.4. The maximum absolute atomic E-state index is 12.1. The molecule has 0 unspecified atom stereocenters. The lowest BCUT2D eigenvalue weighted by atomic mass is 9.96. The van der Waals surface area contributed by atoms with Gasteiger partial charge in [0.2, 0.25) is 0 Å². The SMILES string of the molecule is COC(=O)c1ccc([C@@H]2SC[C@@H](CO[Si](C)(C)C(C)(C)C)Nc3c2c(-c2ccccn2)nn3C)c(C)c1. The lowest BCUT2D eigenvalue weighted by Gasteiger charge is -2.37. The minimum absolute atomic E-state index is 0.0118. The van der Waals surface area contributed by atoms with E-state index in [1.165, 1.54) is 7.11 Å². The van der Waals surface area contributed by atoms with E-state index in [0.717, 1.165) is 39.6 Å². The van der Waals surface area contributed by atoms with Crippen LogP contribution in [0.3, 0.4) is 0 Å². The van der Waals surface area contributed by atoms with Crippen LogP contribution < -0.4 is 5.32 Å². The second kappa shape index (κ2) is 10.6. The average molecular weight is 539 g/mol. The Morgan fingerprint density at radius 1 is 1.24 bits per heavy atom. The number of carbonyl (C=O) groups excluding carboxylic acids is 1. The predicted octanol–water partition coefficient (Wildman–Crippen LogP) is 6.22. The van der Waals surface area contributed by atoms with E-state index in [0.29, 0.717) is 12.2 Å². The topological polar surface area (TPSA) is 78.3 Å². The molecule has 0 bridgehead atoms. The highest BCUT2D eigenvalue weighted by Gasteiger charge is 2.39. The molecular formula is C28H38N4O3SSi. The number of benzene rings is 1. The van der Waals surface area contributed by atoms with Crippen LogP contribution in [0.1, 0.15) is 53.1 Å². The fourth-order valence-electron chi connectivity index (χ4n) is 4.26. The number of ether oxygens (including phenoxy) is 1. The quantitative estimate of drug-likeness (QED) is 0.295. The molecule has 7 nitrogen and oxygen atoms in total. The van der Waals surface area contributed by atoms with Crippen molar-refractivity contribution in [2.24, 2.45) is 7.05 Å². The second-order valence-corrected chi connectivity index (χ2v) is 17.1. The van der Waals surface area contributed by atoms with Gasteiger partial charge in [-0.1, -0.05) is 32.9 Å². The smallest absolute Gasteiger partial charge is 0.337 e. The number of nitrogens with zero attached hydrogens (tertiary/aromatic N) is 3. The van der Waals surface area contributed by atoms with Crippen LogP contribution in [-0.2, 0) is 16.2 Å². The number of hydrogen-bond donors (Lipinski definition) is 1. The standard InChI is InChI=1S/C28H38N4O3SSi/c1-18-15-19(27(33)34-6)12-13-21(18)25-23-24(22-11-9-10-14-29-22)31-32(5)26(23)30-20(17-36-25)16-35-37(7,8)28(2,3)4/h9-15,20,25,30H,16-17H2,1-8H3/t20-,25+/m1/s1. The summed E-state index contributed by atoms with van der Waals surface area (Å²) in [4.78, 5) is 16.8. The number of esters is 1. The first kappa shape index (κ1) is 27.4. The molecule has 0 spiro atoms. The average Bonchev–Trinajstić information content (AvgIpc) is 3.05. The molecule has 3 aromatic rings. The molecule has 0 radical (unpaired) electrons. The Bertz CT molecular complexity index is 1270. The highest BCUT2D eigenvalue weighted by Crippen LogP contribution is 2.47. The Morgan fingerprint density at radius 3 is 2.62 bits per heavy atom. The Balaban J connectivity index is 1.76. The molecule has 2 aromatic heterocycles. The van der Waals surface area contributed by atoms with Gasteiger partial charge in [-0.25, -0.2) is 4.79 Å². The van der Waals surface area contributed by atoms with Gasteiger partial charge in [0.25, 0.3) is 0 Å². The summed E-state index contributed by atoms with van der Waals surface area (Å²) >= 11 is 1.88. The summed E-state index contributed by atoms with van der Waals surface area (Å²) in [6.07, 6.45) is 1.80. The van der Waals surface area contributed by atoms with E-state index in [1.807, 2.05) is 59.9 Å². The maximum atomic E-state index is 12.1. The number of methoxy groups -OCH3 is 1. The van der Waals surface area contributed by atoms with Crippen molar-refractivity contribution in [1.29, 1.82) is 0 Å². The zero-order valence-corrected chi connectivity index (χ0v) is 24.9. The van der Waals surface area contributed by atoms with Crippen LogP contribution in [0.5, 0.6) is 0 Å². The predicted molar refractivity (Wildman–Crippen MR) is 154 cm³/mol. The van der Waals surface area contributed by atoms with Crippen LogP contribution in [0.4, 0.5) is 5.82 Å². The molecule has 37 heavy (non-hydrogen) atoms. The summed E-state index contributed by atoms with van der Waals surface area (Å²) < 4.78 is 13.5. The van der Waals surface area contributed by atoms with Crippen molar-refractivity contribution in [1.82, 2.24) is 14.8 Å². The van der Waals surface area contributed by atoms with Crippen molar-refractivity contribution in [2.75, 3.05) is 24.8 Å². The van der Waals surface area contributed by atoms with Crippen LogP contribution in [0.2, 0.25) is 18.1 Å². The van der Waals surface area contributed by atoms with Gasteiger partial charge in [0.15, 0.2) is 8.32 Å². The molecule has 1 aromatic carbocycles. The summed E-state index contributed by atoms with van der Waals surface area (Å²) in [6.45, 7) is 14.1. The third kappa shape index (κ3) is 5.63. The van der Waals surface area contributed by atoms with E-state index in [9.17, 15) is 4.79 Å². The molecular weight excluding hydrogens is 500 g/mol. The lowest BCUT2D eigenvalue weighted by Crippen LogP contribution is -2.44. The number of fused-ring (bicyclic) bond motifs is 1. The molecule has 9 heteroatoms. The van der Waals surface area contributed by atoms with Gasteiger partial charge < -0.3 is 14.5 Å². The number of pyridine rings is 1. The molecule has 1 aliphatic rings. The number of aryl methyl sites for hydroxylation is 2. The fraction of sp³-hybridized carbons (Fsp3) is 0.464. The number of hydrogen-bond acceptors (Lipinski definition) is 7. The monoisotopic (exact) mass is 538 g/mol. The first-order valence-corrected chi connectivity index (χ1v) is 16.6. The summed E-state index contributed by atoms with van der Waals surface area (Å²) in [5, 5.41) is 8.86. The van der Waals surface area contributed by atoms with Gasteiger partial charge in [0.05, 0.1) is 36.3 Å². The van der Waals surface area contributed by atoms with Crippen LogP contribution in [-0.4, -0.2) is 54.6 Å². The maximum Gasteiger partial charge on any atom is 0.337 e. The number of carbonyl (C=O) groups is 1. The largest absolute Gasteiger partial charge is 0.465 e. The molecule has 0 aliphatic carbocycles. The molecule has 1 aliphatic heterocycles. The van der Waals surface area contributed by atoms with Gasteiger partial charge in [0.1, 0.15) is 11.5 Å². The van der Waals surface area contributed by atoms with Crippen molar-refractivity contribution in [3.8, 4) is 11.4 Å². The van der Waals surface area contributed by atoms with Crippen molar-refractivity contribution < 1.29 is 14.0 Å². The van der Waals surface area contributed by atoms with E-state index < -0.39 is 8.32 Å². The highest BCUT2D eigenvalue weighted by atomic mass is 32.2. The van der Waals surface area contributed by atoms with E-state index >= 15 is 0 Å². The highest BCUT2D eigenvalue weighted by molar-refractivity contribution is 7.99. The Kier molecular flexibility index (Phi) is 7.87. The molecule has 4 rings (SSSR count). The van der Waals surface area contributed by atoms with Crippen LogP contribution in [0.15, 0.2) is 42.6 Å².